The van der Waals surface area contributed by atoms with Crippen LogP contribution >= 0.6 is 0 Å². The van der Waals surface area contributed by atoms with Gasteiger partial charge in [-0.15, -0.1) is 0 Å². The average molecular weight is 326 g/mol. The molecule has 1 atom stereocenters. The lowest BCUT2D eigenvalue weighted by Crippen LogP contribution is -2.40. The highest BCUT2D eigenvalue weighted by molar-refractivity contribution is 5.91. The second kappa shape index (κ2) is 6.73. The highest BCUT2D eigenvalue weighted by atomic mass is 19.1. The van der Waals surface area contributed by atoms with Gasteiger partial charge >= 0.3 is 0 Å². The summed E-state index contributed by atoms with van der Waals surface area (Å²) in [7, 11) is 4.02. The van der Waals surface area contributed by atoms with Gasteiger partial charge in [0.1, 0.15) is 5.82 Å². The minimum atomic E-state index is -0.471. The third-order valence-electron chi connectivity index (χ3n) is 4.85. The molecular formula is C20H23FN2O. The van der Waals surface area contributed by atoms with Gasteiger partial charge in [0.2, 0.25) is 5.91 Å². The summed E-state index contributed by atoms with van der Waals surface area (Å²) in [5, 5.41) is 3.10. The smallest absolute Gasteiger partial charge is 0.230 e. The predicted octanol–water partition coefficient (Wildman–Crippen LogP) is 3.28. The largest absolute Gasteiger partial charge is 0.353 e. The number of carbonyl (C=O) groups is 1. The Balaban J connectivity index is 1.69. The van der Waals surface area contributed by atoms with Crippen molar-refractivity contribution in [3.8, 4) is 0 Å². The van der Waals surface area contributed by atoms with Crippen LogP contribution in [-0.4, -0.2) is 31.4 Å². The molecular weight excluding hydrogens is 303 g/mol. The summed E-state index contributed by atoms with van der Waals surface area (Å²) < 4.78 is 13.1. The van der Waals surface area contributed by atoms with Gasteiger partial charge in [-0.05, 0) is 50.2 Å². The second-order valence-corrected chi connectivity index (χ2v) is 6.69. The fraction of sp³-hybridized carbons (Fsp3) is 0.350. The summed E-state index contributed by atoms with van der Waals surface area (Å²) in [4.78, 5) is 14.9. The lowest BCUT2D eigenvalue weighted by molar-refractivity contribution is -0.123. The zero-order chi connectivity index (χ0) is 17.2. The van der Waals surface area contributed by atoms with Crippen molar-refractivity contribution in [2.45, 2.75) is 24.3 Å². The van der Waals surface area contributed by atoms with Crippen LogP contribution in [0.15, 0.2) is 54.6 Å². The monoisotopic (exact) mass is 326 g/mol. The highest BCUT2D eigenvalue weighted by Crippen LogP contribution is 2.48. The number of rotatable bonds is 6. The van der Waals surface area contributed by atoms with E-state index in [2.05, 4.69) is 22.3 Å². The lowest BCUT2D eigenvalue weighted by atomic mass is 9.94. The van der Waals surface area contributed by atoms with Crippen molar-refractivity contribution >= 4 is 5.91 Å². The molecule has 1 aliphatic carbocycles. The fourth-order valence-corrected chi connectivity index (χ4v) is 3.17. The quantitative estimate of drug-likeness (QED) is 0.883. The molecule has 1 unspecified atom stereocenters. The first-order valence-corrected chi connectivity index (χ1v) is 8.29. The molecule has 0 bridgehead atoms. The van der Waals surface area contributed by atoms with Gasteiger partial charge in [0, 0.05) is 6.54 Å². The van der Waals surface area contributed by atoms with Crippen molar-refractivity contribution in [3.05, 3.63) is 71.5 Å². The van der Waals surface area contributed by atoms with E-state index < -0.39 is 5.41 Å². The molecule has 0 radical (unpaired) electrons. The standard InChI is InChI=1S/C20H23FN2O/c1-23(2)18(15-6-4-3-5-7-15)14-22-19(24)20(12-13-20)16-8-10-17(21)11-9-16/h3-11,18H,12-14H2,1-2H3,(H,22,24). The Morgan fingerprint density at radius 3 is 2.29 bits per heavy atom. The molecule has 0 saturated heterocycles. The van der Waals surface area contributed by atoms with E-state index in [0.717, 1.165) is 18.4 Å². The van der Waals surface area contributed by atoms with E-state index >= 15 is 0 Å². The van der Waals surface area contributed by atoms with E-state index in [0.29, 0.717) is 6.54 Å². The van der Waals surface area contributed by atoms with Crippen molar-refractivity contribution < 1.29 is 9.18 Å². The second-order valence-electron chi connectivity index (χ2n) is 6.69. The fourth-order valence-electron chi connectivity index (χ4n) is 3.17. The summed E-state index contributed by atoms with van der Waals surface area (Å²) in [6, 6.07) is 16.6. The van der Waals surface area contributed by atoms with Crippen molar-refractivity contribution in [1.82, 2.24) is 10.2 Å². The summed E-state index contributed by atoms with van der Waals surface area (Å²) in [6.07, 6.45) is 1.64. The molecule has 1 saturated carbocycles. The van der Waals surface area contributed by atoms with Crippen LogP contribution in [0.1, 0.15) is 30.0 Å². The molecule has 3 nitrogen and oxygen atoms in total. The zero-order valence-corrected chi connectivity index (χ0v) is 14.1. The van der Waals surface area contributed by atoms with Gasteiger partial charge in [0.25, 0.3) is 0 Å². The van der Waals surface area contributed by atoms with Crippen molar-refractivity contribution in [2.24, 2.45) is 0 Å². The van der Waals surface area contributed by atoms with E-state index in [1.54, 1.807) is 12.1 Å². The number of nitrogens with one attached hydrogen (secondary N) is 1. The molecule has 0 aliphatic heterocycles. The summed E-state index contributed by atoms with van der Waals surface area (Å²) in [6.45, 7) is 0.554. The molecule has 3 rings (SSSR count). The van der Waals surface area contributed by atoms with Crippen LogP contribution in [-0.2, 0) is 10.2 Å². The molecule has 1 fully saturated rings. The third kappa shape index (κ3) is 3.34. The maximum Gasteiger partial charge on any atom is 0.230 e. The minimum Gasteiger partial charge on any atom is -0.353 e. The van der Waals surface area contributed by atoms with Crippen molar-refractivity contribution in [2.75, 3.05) is 20.6 Å². The first-order chi connectivity index (χ1) is 11.5. The molecule has 2 aromatic rings. The number of hydrogen-bond acceptors (Lipinski definition) is 2. The van der Waals surface area contributed by atoms with Crippen LogP contribution in [0, 0.1) is 5.82 Å². The van der Waals surface area contributed by atoms with E-state index in [1.165, 1.54) is 17.7 Å². The summed E-state index contributed by atoms with van der Waals surface area (Å²) >= 11 is 0. The number of amides is 1. The van der Waals surface area contributed by atoms with Crippen LogP contribution in [0.4, 0.5) is 4.39 Å². The van der Waals surface area contributed by atoms with Crippen molar-refractivity contribution in [3.63, 3.8) is 0 Å². The van der Waals surface area contributed by atoms with Crippen LogP contribution in [0.5, 0.6) is 0 Å². The number of carbonyl (C=O) groups excluding carboxylic acids is 1. The molecule has 4 heteroatoms. The topological polar surface area (TPSA) is 32.3 Å². The van der Waals surface area contributed by atoms with E-state index in [9.17, 15) is 9.18 Å². The molecule has 0 aromatic heterocycles. The maximum absolute atomic E-state index is 13.1. The van der Waals surface area contributed by atoms with Gasteiger partial charge in [0.15, 0.2) is 0 Å². The molecule has 24 heavy (non-hydrogen) atoms. The van der Waals surface area contributed by atoms with E-state index in [4.69, 9.17) is 0 Å². The molecule has 1 amide bonds. The molecule has 0 heterocycles. The average Bonchev–Trinajstić information content (AvgIpc) is 3.38. The van der Waals surface area contributed by atoms with Crippen LogP contribution in [0.2, 0.25) is 0 Å². The van der Waals surface area contributed by atoms with Gasteiger partial charge < -0.3 is 10.2 Å². The Bertz CT molecular complexity index is 693. The van der Waals surface area contributed by atoms with Crippen LogP contribution in [0.3, 0.4) is 0 Å². The maximum atomic E-state index is 13.1. The Morgan fingerprint density at radius 1 is 1.12 bits per heavy atom. The molecule has 126 valence electrons. The normalized spacial score (nSPS) is 16.7. The van der Waals surface area contributed by atoms with Gasteiger partial charge in [-0.2, -0.15) is 0 Å². The molecule has 1 aliphatic rings. The Morgan fingerprint density at radius 2 is 1.75 bits per heavy atom. The molecule has 1 N–H and O–H groups in total. The first-order valence-electron chi connectivity index (χ1n) is 8.29. The van der Waals surface area contributed by atoms with Gasteiger partial charge in [-0.25, -0.2) is 4.39 Å². The minimum absolute atomic E-state index is 0.0388. The number of hydrogen-bond donors (Lipinski definition) is 1. The van der Waals surface area contributed by atoms with Crippen LogP contribution < -0.4 is 5.32 Å². The van der Waals surface area contributed by atoms with E-state index in [-0.39, 0.29) is 17.8 Å². The number of likely N-dealkylation sites (N-methyl/N-ethyl adjacent to an activating group) is 1. The van der Waals surface area contributed by atoms with Gasteiger partial charge in [-0.3, -0.25) is 4.79 Å². The van der Waals surface area contributed by atoms with Crippen LogP contribution in [0.25, 0.3) is 0 Å². The lowest BCUT2D eigenvalue weighted by Gasteiger charge is -2.26. The highest BCUT2D eigenvalue weighted by Gasteiger charge is 2.51. The first kappa shape index (κ1) is 16.7. The summed E-state index contributed by atoms with van der Waals surface area (Å²) in [5.74, 6) is -0.233. The number of benzene rings is 2. The zero-order valence-electron chi connectivity index (χ0n) is 14.1. The predicted molar refractivity (Wildman–Crippen MR) is 93.2 cm³/mol. The summed E-state index contributed by atoms with van der Waals surface area (Å²) in [5.41, 5.74) is 1.61. The number of nitrogens with zero attached hydrogens (tertiary/aromatic N) is 1. The number of halogens is 1. The Hall–Kier alpha value is -2.20. The molecule has 2 aromatic carbocycles. The Labute approximate surface area is 142 Å². The van der Waals surface area contributed by atoms with Gasteiger partial charge in [-0.1, -0.05) is 42.5 Å². The van der Waals surface area contributed by atoms with Crippen molar-refractivity contribution in [1.29, 1.82) is 0 Å². The SMILES string of the molecule is CN(C)C(CNC(=O)C1(c2ccc(F)cc2)CC1)c1ccccc1. The Kier molecular flexibility index (Phi) is 4.67. The van der Waals surface area contributed by atoms with E-state index in [1.807, 2.05) is 32.3 Å². The third-order valence-corrected chi connectivity index (χ3v) is 4.85. The molecule has 0 spiro atoms. The van der Waals surface area contributed by atoms with Gasteiger partial charge in [0.05, 0.1) is 11.5 Å².